The summed E-state index contributed by atoms with van der Waals surface area (Å²) in [6, 6.07) is 12.0. The van der Waals surface area contributed by atoms with Crippen molar-refractivity contribution in [2.75, 3.05) is 18.0 Å². The number of carbonyl (C=O) groups excluding carboxylic acids is 1. The third-order valence-corrected chi connectivity index (χ3v) is 3.97. The van der Waals surface area contributed by atoms with E-state index in [9.17, 15) is 9.90 Å². The van der Waals surface area contributed by atoms with E-state index in [0.29, 0.717) is 17.4 Å². The van der Waals surface area contributed by atoms with Gasteiger partial charge in [0.1, 0.15) is 5.75 Å². The summed E-state index contributed by atoms with van der Waals surface area (Å²) in [4.78, 5) is 13.3. The number of rotatable bonds is 6. The number of aromatic hydroxyl groups is 1. The summed E-state index contributed by atoms with van der Waals surface area (Å²) in [7, 11) is 0. The molecular formula is C20H23NO2. The Hall–Kier alpha value is -2.55. The molecule has 0 radical (unpaired) electrons. The van der Waals surface area contributed by atoms with Gasteiger partial charge >= 0.3 is 0 Å². The first-order chi connectivity index (χ1) is 11.1. The van der Waals surface area contributed by atoms with E-state index < -0.39 is 0 Å². The quantitative estimate of drug-likeness (QED) is 0.629. The van der Waals surface area contributed by atoms with Crippen molar-refractivity contribution in [3.05, 3.63) is 58.7 Å². The van der Waals surface area contributed by atoms with Crippen molar-refractivity contribution >= 4 is 24.1 Å². The highest BCUT2D eigenvalue weighted by molar-refractivity contribution is 5.83. The zero-order chi connectivity index (χ0) is 16.8. The number of anilines is 1. The molecule has 3 heteroatoms. The Bertz CT molecular complexity index is 698. The van der Waals surface area contributed by atoms with Crippen molar-refractivity contribution in [1.82, 2.24) is 0 Å². The van der Waals surface area contributed by atoms with Crippen LogP contribution < -0.4 is 4.90 Å². The lowest BCUT2D eigenvalue weighted by Gasteiger charge is -2.20. The fourth-order valence-corrected chi connectivity index (χ4v) is 2.60. The molecule has 0 heterocycles. The molecule has 120 valence electrons. The largest absolute Gasteiger partial charge is 0.507 e. The van der Waals surface area contributed by atoms with Gasteiger partial charge in [-0.25, -0.2) is 0 Å². The Balaban J connectivity index is 2.20. The first-order valence-corrected chi connectivity index (χ1v) is 7.91. The van der Waals surface area contributed by atoms with Gasteiger partial charge < -0.3 is 10.0 Å². The predicted molar refractivity (Wildman–Crippen MR) is 97.2 cm³/mol. The lowest BCUT2D eigenvalue weighted by molar-refractivity contribution is 0.112. The third kappa shape index (κ3) is 4.01. The van der Waals surface area contributed by atoms with Gasteiger partial charge in [-0.3, -0.25) is 4.79 Å². The number of hydrogen-bond acceptors (Lipinski definition) is 3. The van der Waals surface area contributed by atoms with E-state index in [1.54, 1.807) is 13.0 Å². The van der Waals surface area contributed by atoms with Crippen LogP contribution in [0.5, 0.6) is 5.75 Å². The van der Waals surface area contributed by atoms with Crippen molar-refractivity contribution in [2.45, 2.75) is 20.8 Å². The second kappa shape index (κ2) is 7.63. The molecule has 0 aliphatic heterocycles. The van der Waals surface area contributed by atoms with Crippen LogP contribution in [-0.4, -0.2) is 24.5 Å². The molecule has 0 aliphatic rings. The van der Waals surface area contributed by atoms with Crippen molar-refractivity contribution in [3.63, 3.8) is 0 Å². The van der Waals surface area contributed by atoms with E-state index in [1.165, 1.54) is 5.69 Å². The summed E-state index contributed by atoms with van der Waals surface area (Å²) in [5.41, 5.74) is 4.23. The number of carbonyl (C=O) groups is 1. The zero-order valence-corrected chi connectivity index (χ0v) is 13.9. The van der Waals surface area contributed by atoms with E-state index in [0.717, 1.165) is 24.2 Å². The van der Waals surface area contributed by atoms with Crippen LogP contribution in [0.2, 0.25) is 0 Å². The van der Waals surface area contributed by atoms with E-state index >= 15 is 0 Å². The molecule has 0 aliphatic carbocycles. The minimum atomic E-state index is 0.0562. The van der Waals surface area contributed by atoms with E-state index in [1.807, 2.05) is 18.2 Å². The molecule has 2 rings (SSSR count). The van der Waals surface area contributed by atoms with E-state index in [2.05, 4.69) is 43.0 Å². The molecule has 23 heavy (non-hydrogen) atoms. The Kier molecular flexibility index (Phi) is 5.58. The molecule has 0 aromatic heterocycles. The number of phenols is 1. The minimum absolute atomic E-state index is 0.0562. The molecule has 3 nitrogen and oxygen atoms in total. The normalized spacial score (nSPS) is 10.9. The number of nitrogens with zero attached hydrogens (tertiary/aromatic N) is 1. The number of hydrogen-bond donors (Lipinski definition) is 1. The summed E-state index contributed by atoms with van der Waals surface area (Å²) >= 11 is 0. The lowest BCUT2D eigenvalue weighted by Crippen LogP contribution is -2.21. The van der Waals surface area contributed by atoms with Gasteiger partial charge in [-0.05, 0) is 61.7 Å². The number of aryl methyl sites for hydroxylation is 1. The monoisotopic (exact) mass is 309 g/mol. The molecule has 1 N–H and O–H groups in total. The SMILES string of the molecule is CCN(CC)c1ccc(/C=C/c2cc(C)c(O)c(C=O)c2)cc1. The van der Waals surface area contributed by atoms with Crippen molar-refractivity contribution in [2.24, 2.45) is 0 Å². The van der Waals surface area contributed by atoms with Crippen molar-refractivity contribution < 1.29 is 9.90 Å². The van der Waals surface area contributed by atoms with Crippen LogP contribution in [0.25, 0.3) is 12.2 Å². The number of aldehydes is 1. The van der Waals surface area contributed by atoms with Gasteiger partial charge in [0.05, 0.1) is 5.56 Å². The molecule has 0 amide bonds. The molecule has 2 aromatic carbocycles. The third-order valence-electron chi connectivity index (χ3n) is 3.97. The van der Waals surface area contributed by atoms with Gasteiger partial charge in [-0.1, -0.05) is 24.3 Å². The average Bonchev–Trinajstić information content (AvgIpc) is 2.58. The molecule has 2 aromatic rings. The fraction of sp³-hybridized carbons (Fsp3) is 0.250. The predicted octanol–water partition coefficient (Wildman–Crippen LogP) is 4.53. The average molecular weight is 309 g/mol. The summed E-state index contributed by atoms with van der Waals surface area (Å²) in [5, 5.41) is 9.78. The highest BCUT2D eigenvalue weighted by Gasteiger charge is 2.05. The van der Waals surface area contributed by atoms with Crippen molar-refractivity contribution in [1.29, 1.82) is 0 Å². The molecule has 0 saturated carbocycles. The highest BCUT2D eigenvalue weighted by Crippen LogP contribution is 2.24. The maximum Gasteiger partial charge on any atom is 0.153 e. The van der Waals surface area contributed by atoms with Gasteiger partial charge in [-0.2, -0.15) is 0 Å². The van der Waals surface area contributed by atoms with Crippen molar-refractivity contribution in [3.8, 4) is 5.75 Å². The maximum absolute atomic E-state index is 11.0. The van der Waals surface area contributed by atoms with Crippen LogP contribution >= 0.6 is 0 Å². The minimum Gasteiger partial charge on any atom is -0.507 e. The Morgan fingerprint density at radius 3 is 2.17 bits per heavy atom. The first kappa shape index (κ1) is 16.8. The maximum atomic E-state index is 11.0. The van der Waals surface area contributed by atoms with Crippen LogP contribution in [0, 0.1) is 6.92 Å². The second-order valence-corrected chi connectivity index (χ2v) is 5.49. The summed E-state index contributed by atoms with van der Waals surface area (Å²) < 4.78 is 0. The van der Waals surface area contributed by atoms with Gasteiger partial charge in [0, 0.05) is 18.8 Å². The molecule has 0 saturated heterocycles. The molecule has 0 bridgehead atoms. The topological polar surface area (TPSA) is 40.5 Å². The van der Waals surface area contributed by atoms with Crippen LogP contribution in [0.1, 0.15) is 40.9 Å². The molecule has 0 spiro atoms. The van der Waals surface area contributed by atoms with Crippen LogP contribution in [0.15, 0.2) is 36.4 Å². The summed E-state index contributed by atoms with van der Waals surface area (Å²) in [6.45, 7) is 8.07. The number of phenolic OH excluding ortho intramolecular Hbond substituents is 1. The van der Waals surface area contributed by atoms with Gasteiger partial charge in [0.2, 0.25) is 0 Å². The molecule has 0 fully saturated rings. The Morgan fingerprint density at radius 2 is 1.61 bits per heavy atom. The van der Waals surface area contributed by atoms with Crippen LogP contribution in [-0.2, 0) is 0 Å². The molecule has 0 atom stereocenters. The van der Waals surface area contributed by atoms with Gasteiger partial charge in [0.15, 0.2) is 6.29 Å². The second-order valence-electron chi connectivity index (χ2n) is 5.49. The smallest absolute Gasteiger partial charge is 0.153 e. The van der Waals surface area contributed by atoms with E-state index in [-0.39, 0.29) is 5.75 Å². The van der Waals surface area contributed by atoms with Gasteiger partial charge in [-0.15, -0.1) is 0 Å². The summed E-state index contributed by atoms with van der Waals surface area (Å²) in [5.74, 6) is 0.0562. The highest BCUT2D eigenvalue weighted by atomic mass is 16.3. The first-order valence-electron chi connectivity index (χ1n) is 7.91. The Labute approximate surface area is 137 Å². The Morgan fingerprint density at radius 1 is 1.00 bits per heavy atom. The summed E-state index contributed by atoms with van der Waals surface area (Å²) in [6.07, 6.45) is 4.64. The van der Waals surface area contributed by atoms with Gasteiger partial charge in [0.25, 0.3) is 0 Å². The fourth-order valence-electron chi connectivity index (χ4n) is 2.60. The van der Waals surface area contributed by atoms with Crippen LogP contribution in [0.3, 0.4) is 0 Å². The lowest BCUT2D eigenvalue weighted by atomic mass is 10.0. The zero-order valence-electron chi connectivity index (χ0n) is 13.9. The standard InChI is InChI=1S/C20H23NO2/c1-4-21(5-2)19-10-8-16(9-11-19)6-7-17-12-15(3)20(23)18(13-17)14-22/h6-14,23H,4-5H2,1-3H3/b7-6+. The molecule has 0 unspecified atom stereocenters. The van der Waals surface area contributed by atoms with E-state index in [4.69, 9.17) is 0 Å². The van der Waals surface area contributed by atoms with Crippen LogP contribution in [0.4, 0.5) is 5.69 Å². The number of benzene rings is 2. The molecular weight excluding hydrogens is 286 g/mol.